The van der Waals surface area contributed by atoms with Gasteiger partial charge in [0.25, 0.3) is 0 Å². The zero-order valence-corrected chi connectivity index (χ0v) is 32.4. The van der Waals surface area contributed by atoms with Gasteiger partial charge in [-0.25, -0.2) is 15.0 Å². The summed E-state index contributed by atoms with van der Waals surface area (Å²) < 4.78 is 7.38. The number of fused-ring (bicyclic) bond motifs is 11. The van der Waals surface area contributed by atoms with Crippen LogP contribution >= 0.6 is 23.1 Å². The molecule has 0 fully saturated rings. The summed E-state index contributed by atoms with van der Waals surface area (Å²) in [6, 6.07) is 62.9. The van der Waals surface area contributed by atoms with Crippen LogP contribution in [0.4, 0.5) is 0 Å². The third kappa shape index (κ3) is 4.63. The van der Waals surface area contributed by atoms with Crippen molar-refractivity contribution in [1.82, 2.24) is 24.1 Å². The molecule has 8 aromatic carbocycles. The molecule has 0 atom stereocenters. The molecule has 4 aromatic heterocycles. The van der Waals surface area contributed by atoms with Gasteiger partial charge in [-0.15, -0.1) is 11.3 Å². The molecule has 1 aliphatic heterocycles. The molecule has 0 aliphatic carbocycles. The lowest BCUT2D eigenvalue weighted by Gasteiger charge is -2.23. The van der Waals surface area contributed by atoms with E-state index in [1.54, 1.807) is 23.1 Å². The molecule has 0 unspecified atom stereocenters. The summed E-state index contributed by atoms with van der Waals surface area (Å²) in [4.78, 5) is 18.2. The smallest absolute Gasteiger partial charge is 0.165 e. The van der Waals surface area contributed by atoms with Gasteiger partial charge in [0.05, 0.1) is 16.7 Å². The molecule has 0 amide bonds. The number of para-hydroxylation sites is 3. The number of benzene rings is 8. The van der Waals surface area contributed by atoms with E-state index in [1.165, 1.54) is 57.6 Å². The molecule has 0 saturated carbocycles. The van der Waals surface area contributed by atoms with E-state index >= 15 is 0 Å². The standard InChI is InChI=1S/C51H29N5S2/c1-2-14-34(15-3-1)55-40-20-8-6-17-37(40)45-38-18-11-23-43-46(38)56(51(45)55)41-21-10-19-39(47(41)58-43)50-53-48(32-25-24-30-12-4-5-13-31(30)28-32)52-49(54-50)33-26-27-36-35-16-7-9-22-42(35)57-44(36)29-33/h1-29H. The van der Waals surface area contributed by atoms with Crippen LogP contribution in [-0.4, -0.2) is 24.1 Å². The van der Waals surface area contributed by atoms with Crippen LogP contribution in [0.2, 0.25) is 0 Å². The Balaban J connectivity index is 1.07. The molecule has 7 heteroatoms. The highest BCUT2D eigenvalue weighted by Gasteiger charge is 2.30. The van der Waals surface area contributed by atoms with E-state index in [2.05, 4.69) is 185 Å². The molecule has 5 nitrogen and oxygen atoms in total. The van der Waals surface area contributed by atoms with Gasteiger partial charge in [-0.05, 0) is 65.4 Å². The van der Waals surface area contributed by atoms with E-state index in [0.29, 0.717) is 17.5 Å². The number of aromatic nitrogens is 5. The van der Waals surface area contributed by atoms with Crippen molar-refractivity contribution >= 4 is 86.9 Å². The lowest BCUT2D eigenvalue weighted by atomic mass is 10.1. The third-order valence-corrected chi connectivity index (χ3v) is 13.9. The van der Waals surface area contributed by atoms with Crippen LogP contribution in [0.5, 0.6) is 0 Å². The Morgan fingerprint density at radius 2 is 1.14 bits per heavy atom. The zero-order chi connectivity index (χ0) is 37.9. The average molecular weight is 776 g/mol. The molecular weight excluding hydrogens is 747 g/mol. The van der Waals surface area contributed by atoms with Crippen molar-refractivity contribution < 1.29 is 0 Å². The summed E-state index contributed by atoms with van der Waals surface area (Å²) in [6.07, 6.45) is 0. The molecule has 5 heterocycles. The molecule has 12 aromatic rings. The van der Waals surface area contributed by atoms with Crippen LogP contribution in [0.1, 0.15) is 0 Å². The minimum atomic E-state index is 0.649. The fraction of sp³-hybridized carbons (Fsp3) is 0. The summed E-state index contributed by atoms with van der Waals surface area (Å²) in [5.74, 6) is 1.95. The number of rotatable bonds is 4. The summed E-state index contributed by atoms with van der Waals surface area (Å²) in [6.45, 7) is 0. The second-order valence-electron chi connectivity index (χ2n) is 14.8. The lowest BCUT2D eigenvalue weighted by Crippen LogP contribution is -2.07. The van der Waals surface area contributed by atoms with Gasteiger partial charge in [0.1, 0.15) is 5.65 Å². The third-order valence-electron chi connectivity index (χ3n) is 11.5. The van der Waals surface area contributed by atoms with Crippen LogP contribution in [-0.2, 0) is 0 Å². The highest BCUT2D eigenvalue weighted by atomic mass is 32.2. The van der Waals surface area contributed by atoms with Crippen molar-refractivity contribution in [3.8, 4) is 45.5 Å². The van der Waals surface area contributed by atoms with E-state index in [-0.39, 0.29) is 0 Å². The highest BCUT2D eigenvalue weighted by Crippen LogP contribution is 2.51. The van der Waals surface area contributed by atoms with Gasteiger partial charge >= 0.3 is 0 Å². The first-order valence-electron chi connectivity index (χ1n) is 19.4. The van der Waals surface area contributed by atoms with Gasteiger partial charge in [0, 0.05) is 68.5 Å². The first kappa shape index (κ1) is 32.1. The van der Waals surface area contributed by atoms with Crippen LogP contribution in [0.25, 0.3) is 109 Å². The van der Waals surface area contributed by atoms with Crippen molar-refractivity contribution in [2.24, 2.45) is 0 Å². The van der Waals surface area contributed by atoms with E-state index in [1.807, 2.05) is 0 Å². The summed E-state index contributed by atoms with van der Waals surface area (Å²) >= 11 is 3.61. The van der Waals surface area contributed by atoms with E-state index < -0.39 is 0 Å². The molecule has 0 bridgehead atoms. The Morgan fingerprint density at radius 3 is 2.03 bits per heavy atom. The quantitative estimate of drug-likeness (QED) is 0.179. The topological polar surface area (TPSA) is 48.5 Å². The average Bonchev–Trinajstić information content (AvgIpc) is 3.94. The monoisotopic (exact) mass is 775 g/mol. The number of hydrogen-bond donors (Lipinski definition) is 0. The Hall–Kier alpha value is -7.06. The minimum absolute atomic E-state index is 0.649. The van der Waals surface area contributed by atoms with Gasteiger partial charge < -0.3 is 0 Å². The van der Waals surface area contributed by atoms with E-state index in [0.717, 1.165) is 44.0 Å². The Labute approximate surface area is 340 Å². The number of nitrogens with zero attached hydrogens (tertiary/aromatic N) is 5. The minimum Gasteiger partial charge on any atom is -0.295 e. The second-order valence-corrected chi connectivity index (χ2v) is 16.9. The van der Waals surface area contributed by atoms with Gasteiger partial charge in [0.15, 0.2) is 17.5 Å². The predicted octanol–water partition coefficient (Wildman–Crippen LogP) is 13.9. The Bertz CT molecular complexity index is 3670. The van der Waals surface area contributed by atoms with Crippen molar-refractivity contribution in [3.63, 3.8) is 0 Å². The number of thiophene rings is 1. The molecule has 0 saturated heterocycles. The maximum Gasteiger partial charge on any atom is 0.165 e. The summed E-state index contributed by atoms with van der Waals surface area (Å²) in [5.41, 5.74) is 8.70. The SMILES string of the molecule is c1ccc(-n2c3ccccc3c3c4cccc5c4n(c32)-c2cccc(-c3nc(-c4ccc6ccccc6c4)nc(-c4ccc6c(c4)sc4ccccc46)n3)c2S5)cc1. The summed E-state index contributed by atoms with van der Waals surface area (Å²) in [7, 11) is 0. The van der Waals surface area contributed by atoms with Crippen molar-refractivity contribution in [2.45, 2.75) is 9.79 Å². The fourth-order valence-electron chi connectivity index (χ4n) is 8.96. The van der Waals surface area contributed by atoms with Crippen LogP contribution in [0.15, 0.2) is 186 Å². The second kappa shape index (κ2) is 12.2. The zero-order valence-electron chi connectivity index (χ0n) is 30.8. The van der Waals surface area contributed by atoms with Gasteiger partial charge in [-0.3, -0.25) is 9.13 Å². The van der Waals surface area contributed by atoms with Crippen LogP contribution < -0.4 is 0 Å². The van der Waals surface area contributed by atoms with Gasteiger partial charge in [0.2, 0.25) is 0 Å². The molecule has 0 spiro atoms. The maximum atomic E-state index is 5.34. The molecular formula is C51H29N5S2. The largest absolute Gasteiger partial charge is 0.295 e. The van der Waals surface area contributed by atoms with Crippen molar-refractivity contribution in [2.75, 3.05) is 0 Å². The first-order chi connectivity index (χ1) is 28.7. The predicted molar refractivity (Wildman–Crippen MR) is 242 cm³/mol. The Kier molecular flexibility index (Phi) is 6.76. The highest BCUT2D eigenvalue weighted by molar-refractivity contribution is 8.00. The van der Waals surface area contributed by atoms with Crippen LogP contribution in [0, 0.1) is 0 Å². The normalized spacial score (nSPS) is 12.4. The van der Waals surface area contributed by atoms with Crippen LogP contribution in [0.3, 0.4) is 0 Å². The molecule has 270 valence electrons. The molecule has 13 rings (SSSR count). The molecule has 58 heavy (non-hydrogen) atoms. The Morgan fingerprint density at radius 1 is 0.448 bits per heavy atom. The lowest BCUT2D eigenvalue weighted by molar-refractivity contribution is 1.02. The number of hydrogen-bond acceptors (Lipinski definition) is 5. The summed E-state index contributed by atoms with van der Waals surface area (Å²) in [5, 5.41) is 8.60. The van der Waals surface area contributed by atoms with Crippen molar-refractivity contribution in [1.29, 1.82) is 0 Å². The van der Waals surface area contributed by atoms with E-state index in [9.17, 15) is 0 Å². The van der Waals surface area contributed by atoms with Crippen molar-refractivity contribution in [3.05, 3.63) is 176 Å². The maximum absolute atomic E-state index is 5.34. The van der Waals surface area contributed by atoms with Gasteiger partial charge in [-0.1, -0.05) is 133 Å². The molecule has 1 aliphatic rings. The van der Waals surface area contributed by atoms with E-state index in [4.69, 9.17) is 15.0 Å². The molecule has 0 radical (unpaired) electrons. The van der Waals surface area contributed by atoms with Gasteiger partial charge in [-0.2, -0.15) is 0 Å². The fourth-order valence-corrected chi connectivity index (χ4v) is 11.3. The first-order valence-corrected chi connectivity index (χ1v) is 21.0. The molecule has 0 N–H and O–H groups in total.